The molecule has 0 saturated carbocycles. The second-order valence-electron chi connectivity index (χ2n) is 6.47. The van der Waals surface area contributed by atoms with Crippen LogP contribution in [0, 0.1) is 0 Å². The summed E-state index contributed by atoms with van der Waals surface area (Å²) in [6, 6.07) is 20.2. The number of fused-ring (bicyclic) bond motifs is 1. The molecule has 0 aliphatic heterocycles. The number of hydrogen-bond donors (Lipinski definition) is 0. The van der Waals surface area contributed by atoms with E-state index in [4.69, 9.17) is 9.47 Å². The minimum atomic E-state index is -0.275. The summed E-state index contributed by atoms with van der Waals surface area (Å²) in [6.07, 6.45) is 1.63. The fourth-order valence-electron chi connectivity index (χ4n) is 2.83. The quantitative estimate of drug-likeness (QED) is 0.252. The zero-order valence-electron chi connectivity index (χ0n) is 16.8. The summed E-state index contributed by atoms with van der Waals surface area (Å²) >= 11 is 4.77. The number of anilines is 1. The number of benzene rings is 3. The minimum absolute atomic E-state index is 0.275. The third kappa shape index (κ3) is 4.76. The molecule has 1 aromatic heterocycles. The van der Waals surface area contributed by atoms with E-state index in [-0.39, 0.29) is 5.91 Å². The van der Waals surface area contributed by atoms with Gasteiger partial charge in [0.1, 0.15) is 11.5 Å². The molecule has 8 heteroatoms. The summed E-state index contributed by atoms with van der Waals surface area (Å²) in [5.41, 5.74) is 2.11. The number of hydrazone groups is 1. The van der Waals surface area contributed by atoms with Crippen LogP contribution in [0.2, 0.25) is 0 Å². The smallest absolute Gasteiger partial charge is 0.280 e. The molecule has 0 unspecified atom stereocenters. The van der Waals surface area contributed by atoms with Crippen LogP contribution in [-0.2, 0) is 0 Å². The highest BCUT2D eigenvalue weighted by atomic mass is 79.9. The van der Waals surface area contributed by atoms with Crippen LogP contribution in [0.3, 0.4) is 0 Å². The summed E-state index contributed by atoms with van der Waals surface area (Å²) in [6.45, 7) is 0. The first kappa shape index (κ1) is 21.0. The Labute approximate surface area is 191 Å². The first-order chi connectivity index (χ1) is 15.1. The van der Waals surface area contributed by atoms with Crippen molar-refractivity contribution >= 4 is 54.7 Å². The van der Waals surface area contributed by atoms with Crippen molar-refractivity contribution in [2.75, 3.05) is 19.2 Å². The van der Waals surface area contributed by atoms with E-state index in [1.807, 2.05) is 54.6 Å². The number of amides is 1. The third-order valence-corrected chi connectivity index (χ3v) is 6.01. The molecule has 4 rings (SSSR count). The van der Waals surface area contributed by atoms with Gasteiger partial charge >= 0.3 is 0 Å². The molecule has 0 bridgehead atoms. The number of nitrogens with zero attached hydrogens (tertiary/aromatic N) is 3. The molecule has 0 aliphatic rings. The van der Waals surface area contributed by atoms with Crippen LogP contribution in [0.5, 0.6) is 11.5 Å². The first-order valence-electron chi connectivity index (χ1n) is 9.30. The Kier molecular flexibility index (Phi) is 6.29. The van der Waals surface area contributed by atoms with Crippen LogP contribution < -0.4 is 14.5 Å². The zero-order chi connectivity index (χ0) is 21.8. The van der Waals surface area contributed by atoms with Crippen LogP contribution in [0.25, 0.3) is 10.2 Å². The highest BCUT2D eigenvalue weighted by molar-refractivity contribution is 9.10. The molecule has 0 radical (unpaired) electrons. The van der Waals surface area contributed by atoms with Crippen LogP contribution >= 0.6 is 27.3 Å². The highest BCUT2D eigenvalue weighted by Crippen LogP contribution is 2.32. The number of aromatic nitrogens is 1. The molecule has 0 atom stereocenters. The zero-order valence-corrected chi connectivity index (χ0v) is 19.2. The van der Waals surface area contributed by atoms with Gasteiger partial charge in [-0.2, -0.15) is 10.1 Å². The summed E-state index contributed by atoms with van der Waals surface area (Å²) in [5.74, 6) is 1.21. The molecule has 0 spiro atoms. The third-order valence-electron chi connectivity index (χ3n) is 4.49. The monoisotopic (exact) mass is 495 g/mol. The van der Waals surface area contributed by atoms with Gasteiger partial charge in [-0.1, -0.05) is 27.3 Å². The second-order valence-corrected chi connectivity index (χ2v) is 8.40. The van der Waals surface area contributed by atoms with Crippen molar-refractivity contribution < 1.29 is 14.3 Å². The Morgan fingerprint density at radius 1 is 1.00 bits per heavy atom. The predicted molar refractivity (Wildman–Crippen MR) is 128 cm³/mol. The average molecular weight is 496 g/mol. The molecule has 0 saturated heterocycles. The summed E-state index contributed by atoms with van der Waals surface area (Å²) in [7, 11) is 3.23. The molecule has 156 valence electrons. The van der Waals surface area contributed by atoms with Crippen molar-refractivity contribution in [3.8, 4) is 11.5 Å². The number of carbonyl (C=O) groups excluding carboxylic acids is 1. The molecular weight excluding hydrogens is 478 g/mol. The van der Waals surface area contributed by atoms with Crippen molar-refractivity contribution in [3.05, 3.63) is 82.3 Å². The van der Waals surface area contributed by atoms with E-state index < -0.39 is 0 Å². The Morgan fingerprint density at radius 3 is 2.35 bits per heavy atom. The summed E-state index contributed by atoms with van der Waals surface area (Å²) < 4.78 is 12.3. The fraction of sp³-hybridized carbons (Fsp3) is 0.0870. The van der Waals surface area contributed by atoms with Crippen LogP contribution in [0.4, 0.5) is 5.13 Å². The Morgan fingerprint density at radius 2 is 1.68 bits per heavy atom. The largest absolute Gasteiger partial charge is 0.497 e. The summed E-state index contributed by atoms with van der Waals surface area (Å²) in [5, 5.41) is 6.28. The van der Waals surface area contributed by atoms with Crippen molar-refractivity contribution in [1.29, 1.82) is 0 Å². The molecule has 1 heterocycles. The SMILES string of the molecule is COc1ccc(/C=N/N(C(=O)c2ccc(Br)cc2)c2nc3ccc(OC)cc3s2)cc1. The molecule has 3 aromatic carbocycles. The molecule has 6 nitrogen and oxygen atoms in total. The predicted octanol–water partition coefficient (Wildman–Crippen LogP) is 5.76. The number of carbonyl (C=O) groups is 1. The Balaban J connectivity index is 1.73. The van der Waals surface area contributed by atoms with Gasteiger partial charge < -0.3 is 9.47 Å². The van der Waals surface area contributed by atoms with Crippen LogP contribution in [0.1, 0.15) is 15.9 Å². The molecule has 0 aliphatic carbocycles. The van der Waals surface area contributed by atoms with Crippen molar-refractivity contribution in [2.24, 2.45) is 5.10 Å². The van der Waals surface area contributed by atoms with E-state index in [9.17, 15) is 4.79 Å². The first-order valence-corrected chi connectivity index (χ1v) is 10.9. The molecule has 0 N–H and O–H groups in total. The lowest BCUT2D eigenvalue weighted by Crippen LogP contribution is -2.25. The van der Waals surface area contributed by atoms with Gasteiger partial charge in [-0.25, -0.2) is 4.98 Å². The molecule has 31 heavy (non-hydrogen) atoms. The molecule has 0 fully saturated rings. The second kappa shape index (κ2) is 9.28. The van der Waals surface area contributed by atoms with Gasteiger partial charge in [-0.05, 0) is 72.3 Å². The van der Waals surface area contributed by atoms with E-state index in [1.165, 1.54) is 16.3 Å². The van der Waals surface area contributed by atoms with Gasteiger partial charge in [-0.3, -0.25) is 4.79 Å². The van der Waals surface area contributed by atoms with Gasteiger partial charge in [-0.15, -0.1) is 0 Å². The number of halogens is 1. The lowest BCUT2D eigenvalue weighted by molar-refractivity contribution is 0.0988. The van der Waals surface area contributed by atoms with Gasteiger partial charge in [0.05, 0.1) is 30.7 Å². The lowest BCUT2D eigenvalue weighted by atomic mass is 10.2. The van der Waals surface area contributed by atoms with Gasteiger partial charge in [0, 0.05) is 10.0 Å². The maximum Gasteiger partial charge on any atom is 0.280 e. The van der Waals surface area contributed by atoms with Crippen molar-refractivity contribution in [3.63, 3.8) is 0 Å². The number of rotatable bonds is 6. The van der Waals surface area contributed by atoms with E-state index in [2.05, 4.69) is 26.0 Å². The van der Waals surface area contributed by atoms with Crippen LogP contribution in [-0.4, -0.2) is 31.3 Å². The van der Waals surface area contributed by atoms with Crippen molar-refractivity contribution in [1.82, 2.24) is 4.98 Å². The fourth-order valence-corrected chi connectivity index (χ4v) is 4.04. The maximum atomic E-state index is 13.3. The Hall–Kier alpha value is -3.23. The average Bonchev–Trinajstić information content (AvgIpc) is 3.22. The van der Waals surface area contributed by atoms with Crippen molar-refractivity contribution in [2.45, 2.75) is 0 Å². The molecular formula is C23H18BrN3O3S. The molecule has 4 aromatic rings. The van der Waals surface area contributed by atoms with E-state index in [1.54, 1.807) is 32.6 Å². The number of ether oxygens (including phenoxy) is 2. The maximum absolute atomic E-state index is 13.3. The van der Waals surface area contributed by atoms with E-state index in [0.29, 0.717) is 10.7 Å². The highest BCUT2D eigenvalue weighted by Gasteiger charge is 2.21. The lowest BCUT2D eigenvalue weighted by Gasteiger charge is -2.14. The topological polar surface area (TPSA) is 64.0 Å². The van der Waals surface area contributed by atoms with E-state index in [0.717, 1.165) is 31.8 Å². The standard InChI is InChI=1S/C23H18BrN3O3S/c1-29-18-9-3-15(4-10-18)14-25-27(22(28)16-5-7-17(24)8-6-16)23-26-20-12-11-19(30-2)13-21(20)31-23/h3-14H,1-2H3/b25-14+. The number of methoxy groups -OCH3 is 2. The number of hydrogen-bond acceptors (Lipinski definition) is 6. The van der Waals surface area contributed by atoms with Crippen LogP contribution in [0.15, 0.2) is 76.3 Å². The Bertz CT molecular complexity index is 1240. The van der Waals surface area contributed by atoms with Gasteiger partial charge in [0.25, 0.3) is 5.91 Å². The number of thiazole rings is 1. The minimum Gasteiger partial charge on any atom is -0.497 e. The molecule has 1 amide bonds. The van der Waals surface area contributed by atoms with Gasteiger partial charge in [0.15, 0.2) is 0 Å². The van der Waals surface area contributed by atoms with E-state index >= 15 is 0 Å². The normalized spacial score (nSPS) is 11.1. The summed E-state index contributed by atoms with van der Waals surface area (Å²) in [4.78, 5) is 17.9. The van der Waals surface area contributed by atoms with Gasteiger partial charge in [0.2, 0.25) is 5.13 Å².